The molecule has 2 rings (SSSR count). The van der Waals surface area contributed by atoms with Gasteiger partial charge in [0, 0.05) is 17.6 Å². The lowest BCUT2D eigenvalue weighted by molar-refractivity contribution is -0.112. The molecule has 24 heavy (non-hydrogen) atoms. The molecule has 122 valence electrons. The lowest BCUT2D eigenvalue weighted by Gasteiger charge is -2.12. The van der Waals surface area contributed by atoms with E-state index in [1.165, 1.54) is 6.20 Å². The van der Waals surface area contributed by atoms with Crippen molar-refractivity contribution in [2.45, 2.75) is 27.7 Å². The molecule has 0 bridgehead atoms. The lowest BCUT2D eigenvalue weighted by Crippen LogP contribution is -2.16. The van der Waals surface area contributed by atoms with E-state index in [9.17, 15) is 10.1 Å². The van der Waals surface area contributed by atoms with Crippen LogP contribution in [0.5, 0.6) is 0 Å². The normalized spacial score (nSPS) is 10.9. The Bertz CT molecular complexity index is 804. The van der Waals surface area contributed by atoms with E-state index in [0.717, 1.165) is 33.6 Å². The number of rotatable bonds is 4. The van der Waals surface area contributed by atoms with Gasteiger partial charge in [0.05, 0.1) is 0 Å². The van der Waals surface area contributed by atoms with Crippen LogP contribution in [-0.2, 0) is 4.79 Å². The third-order valence-corrected chi connectivity index (χ3v) is 3.72. The molecule has 0 spiro atoms. The molecule has 2 N–H and O–H groups in total. The number of nitrogens with one attached hydrogen (secondary N) is 2. The number of nitrogens with zero attached hydrogens (tertiary/aromatic N) is 1. The summed E-state index contributed by atoms with van der Waals surface area (Å²) < 4.78 is 0. The first kappa shape index (κ1) is 17.3. The smallest absolute Gasteiger partial charge is 0.267 e. The molecule has 0 atom stereocenters. The maximum absolute atomic E-state index is 12.4. The monoisotopic (exact) mass is 319 g/mol. The van der Waals surface area contributed by atoms with Crippen molar-refractivity contribution >= 4 is 17.3 Å². The van der Waals surface area contributed by atoms with E-state index in [1.54, 1.807) is 0 Å². The number of carbonyl (C=O) groups is 1. The molecule has 0 aliphatic heterocycles. The molecule has 2 aromatic rings. The Hall–Kier alpha value is -3.06. The minimum absolute atomic E-state index is 0.0231. The van der Waals surface area contributed by atoms with Crippen LogP contribution in [0.3, 0.4) is 0 Å². The van der Waals surface area contributed by atoms with E-state index in [2.05, 4.69) is 10.6 Å². The molecule has 2 aromatic carbocycles. The zero-order valence-electron chi connectivity index (χ0n) is 14.4. The fourth-order valence-corrected chi connectivity index (χ4v) is 2.51. The van der Waals surface area contributed by atoms with Crippen LogP contribution in [-0.4, -0.2) is 5.91 Å². The number of aryl methyl sites for hydroxylation is 4. The Morgan fingerprint density at radius 1 is 1.00 bits per heavy atom. The number of anilines is 2. The molecular formula is C20H21N3O. The summed E-state index contributed by atoms with van der Waals surface area (Å²) in [6.45, 7) is 7.89. The Kier molecular flexibility index (Phi) is 5.39. The van der Waals surface area contributed by atoms with Gasteiger partial charge in [0.2, 0.25) is 0 Å². The molecule has 0 heterocycles. The van der Waals surface area contributed by atoms with E-state index in [-0.39, 0.29) is 5.57 Å². The van der Waals surface area contributed by atoms with Gasteiger partial charge >= 0.3 is 0 Å². The third kappa shape index (κ3) is 4.23. The predicted octanol–water partition coefficient (Wildman–Crippen LogP) is 4.38. The second-order valence-corrected chi connectivity index (χ2v) is 5.91. The van der Waals surface area contributed by atoms with Gasteiger partial charge in [-0.3, -0.25) is 4.79 Å². The summed E-state index contributed by atoms with van der Waals surface area (Å²) in [4.78, 5) is 12.4. The maximum atomic E-state index is 12.4. The van der Waals surface area contributed by atoms with Crippen LogP contribution in [0.15, 0.2) is 48.2 Å². The summed E-state index contributed by atoms with van der Waals surface area (Å²) >= 11 is 0. The van der Waals surface area contributed by atoms with Crippen molar-refractivity contribution in [2.75, 3.05) is 10.6 Å². The SMILES string of the molecule is Cc1ccc(N/C=C(/C#N)C(=O)Nc2c(C)cc(C)cc2C)cc1. The topological polar surface area (TPSA) is 64.9 Å². The summed E-state index contributed by atoms with van der Waals surface area (Å²) in [5.41, 5.74) is 5.84. The minimum Gasteiger partial charge on any atom is -0.360 e. The largest absolute Gasteiger partial charge is 0.360 e. The Labute approximate surface area is 142 Å². The van der Waals surface area contributed by atoms with Crippen molar-refractivity contribution in [2.24, 2.45) is 0 Å². The van der Waals surface area contributed by atoms with E-state index in [0.29, 0.717) is 0 Å². The molecule has 0 saturated heterocycles. The van der Waals surface area contributed by atoms with Crippen molar-refractivity contribution in [1.29, 1.82) is 5.26 Å². The van der Waals surface area contributed by atoms with E-state index in [4.69, 9.17) is 0 Å². The average Bonchev–Trinajstić information content (AvgIpc) is 2.53. The fraction of sp³-hybridized carbons (Fsp3) is 0.200. The Morgan fingerprint density at radius 2 is 1.58 bits per heavy atom. The van der Waals surface area contributed by atoms with Gasteiger partial charge < -0.3 is 10.6 Å². The second kappa shape index (κ2) is 7.47. The molecule has 0 radical (unpaired) electrons. The molecule has 0 unspecified atom stereocenters. The number of benzene rings is 2. The highest BCUT2D eigenvalue weighted by atomic mass is 16.1. The van der Waals surface area contributed by atoms with Crippen LogP contribution in [0.1, 0.15) is 22.3 Å². The summed E-state index contributed by atoms with van der Waals surface area (Å²) in [5, 5.41) is 15.1. The second-order valence-electron chi connectivity index (χ2n) is 5.91. The summed E-state index contributed by atoms with van der Waals surface area (Å²) in [6, 6.07) is 13.7. The van der Waals surface area contributed by atoms with Crippen LogP contribution >= 0.6 is 0 Å². The van der Waals surface area contributed by atoms with Gasteiger partial charge in [-0.05, 0) is 51.0 Å². The van der Waals surface area contributed by atoms with Gasteiger partial charge in [0.1, 0.15) is 11.6 Å². The Balaban J connectivity index is 2.16. The maximum Gasteiger partial charge on any atom is 0.267 e. The molecule has 0 fully saturated rings. The highest BCUT2D eigenvalue weighted by Gasteiger charge is 2.12. The average molecular weight is 319 g/mol. The number of hydrogen-bond donors (Lipinski definition) is 2. The summed E-state index contributed by atoms with van der Waals surface area (Å²) in [7, 11) is 0. The first-order valence-corrected chi connectivity index (χ1v) is 7.73. The van der Waals surface area contributed by atoms with Crippen molar-refractivity contribution in [3.63, 3.8) is 0 Å². The highest BCUT2D eigenvalue weighted by Crippen LogP contribution is 2.22. The zero-order valence-corrected chi connectivity index (χ0v) is 14.4. The molecule has 0 aliphatic carbocycles. The van der Waals surface area contributed by atoms with Crippen LogP contribution in [0.25, 0.3) is 0 Å². The Morgan fingerprint density at radius 3 is 2.12 bits per heavy atom. The van der Waals surface area contributed by atoms with E-state index in [1.807, 2.05) is 70.2 Å². The van der Waals surface area contributed by atoms with Gasteiger partial charge in [-0.1, -0.05) is 35.4 Å². The van der Waals surface area contributed by atoms with Crippen molar-refractivity contribution < 1.29 is 4.79 Å². The number of hydrogen-bond acceptors (Lipinski definition) is 3. The molecule has 0 aromatic heterocycles. The van der Waals surface area contributed by atoms with Gasteiger partial charge in [0.15, 0.2) is 0 Å². The minimum atomic E-state index is -0.424. The first-order chi connectivity index (χ1) is 11.4. The van der Waals surface area contributed by atoms with Gasteiger partial charge in [-0.25, -0.2) is 0 Å². The van der Waals surface area contributed by atoms with Crippen molar-refractivity contribution in [3.8, 4) is 6.07 Å². The van der Waals surface area contributed by atoms with Crippen molar-refractivity contribution in [1.82, 2.24) is 0 Å². The first-order valence-electron chi connectivity index (χ1n) is 7.73. The predicted molar refractivity (Wildman–Crippen MR) is 97.8 cm³/mol. The lowest BCUT2D eigenvalue weighted by atomic mass is 10.0. The third-order valence-electron chi connectivity index (χ3n) is 3.72. The molecule has 4 heteroatoms. The van der Waals surface area contributed by atoms with E-state index < -0.39 is 5.91 Å². The van der Waals surface area contributed by atoms with Gasteiger partial charge in [-0.2, -0.15) is 5.26 Å². The van der Waals surface area contributed by atoms with Crippen LogP contribution in [0, 0.1) is 39.0 Å². The molecule has 0 saturated carbocycles. The highest BCUT2D eigenvalue weighted by molar-refractivity contribution is 6.07. The molecule has 4 nitrogen and oxygen atoms in total. The van der Waals surface area contributed by atoms with Gasteiger partial charge in [0.25, 0.3) is 5.91 Å². The summed E-state index contributed by atoms with van der Waals surface area (Å²) in [5.74, 6) is -0.424. The van der Waals surface area contributed by atoms with Crippen LogP contribution < -0.4 is 10.6 Å². The quantitative estimate of drug-likeness (QED) is 0.649. The fourth-order valence-electron chi connectivity index (χ4n) is 2.51. The number of amides is 1. The standard InChI is InChI=1S/C20H21N3O/c1-13-5-7-18(8-6-13)22-12-17(11-21)20(24)23-19-15(3)9-14(2)10-16(19)4/h5-10,12,22H,1-4H3,(H,23,24)/b17-12-. The van der Waals surface area contributed by atoms with Gasteiger partial charge in [-0.15, -0.1) is 0 Å². The number of nitriles is 1. The number of carbonyl (C=O) groups excluding carboxylic acids is 1. The molecule has 0 aliphatic rings. The van der Waals surface area contributed by atoms with Crippen LogP contribution in [0.4, 0.5) is 11.4 Å². The summed E-state index contributed by atoms with van der Waals surface area (Å²) in [6.07, 6.45) is 1.43. The van der Waals surface area contributed by atoms with Crippen molar-refractivity contribution in [3.05, 3.63) is 70.4 Å². The zero-order chi connectivity index (χ0) is 17.7. The molecular weight excluding hydrogens is 298 g/mol. The van der Waals surface area contributed by atoms with Crippen LogP contribution in [0.2, 0.25) is 0 Å². The molecule has 1 amide bonds. The van der Waals surface area contributed by atoms with E-state index >= 15 is 0 Å².